The maximum atomic E-state index is 13.5. The summed E-state index contributed by atoms with van der Waals surface area (Å²) in [5.41, 5.74) is 0.632. The van der Waals surface area contributed by atoms with E-state index in [0.717, 1.165) is 0 Å². The fourth-order valence-corrected chi connectivity index (χ4v) is 4.29. The van der Waals surface area contributed by atoms with Gasteiger partial charge in [-0.1, -0.05) is 18.2 Å². The molecule has 2 aromatic carbocycles. The van der Waals surface area contributed by atoms with Crippen LogP contribution in [0, 0.1) is 5.82 Å². The highest BCUT2D eigenvalue weighted by Gasteiger charge is 2.14. The van der Waals surface area contributed by atoms with Crippen molar-refractivity contribution >= 4 is 27.7 Å². The third-order valence-corrected chi connectivity index (χ3v) is 6.36. The van der Waals surface area contributed by atoms with Crippen LogP contribution in [0.15, 0.2) is 53.4 Å². The Bertz CT molecular complexity index is 890. The number of nitrogens with one attached hydrogen (secondary N) is 2. The molecular weight excluding hydrogens is 415 g/mol. The topological polar surface area (TPSA) is 84.5 Å². The molecule has 0 bridgehead atoms. The van der Waals surface area contributed by atoms with Crippen molar-refractivity contribution in [3.05, 3.63) is 59.9 Å². The van der Waals surface area contributed by atoms with Crippen LogP contribution in [-0.4, -0.2) is 39.8 Å². The van der Waals surface area contributed by atoms with E-state index in [4.69, 9.17) is 4.74 Å². The van der Waals surface area contributed by atoms with Gasteiger partial charge in [0.25, 0.3) is 0 Å². The highest BCUT2D eigenvalue weighted by Crippen LogP contribution is 2.16. The minimum Gasteiger partial charge on any atom is -0.494 e. The van der Waals surface area contributed by atoms with E-state index in [2.05, 4.69) is 10.0 Å². The van der Waals surface area contributed by atoms with Crippen molar-refractivity contribution in [2.24, 2.45) is 0 Å². The number of sulfonamides is 1. The van der Waals surface area contributed by atoms with Gasteiger partial charge in [0.2, 0.25) is 15.9 Å². The maximum Gasteiger partial charge on any atom is 0.240 e. The molecule has 29 heavy (non-hydrogen) atoms. The number of benzene rings is 2. The lowest BCUT2D eigenvalue weighted by Crippen LogP contribution is -2.31. The number of hydrogen-bond acceptors (Lipinski definition) is 5. The van der Waals surface area contributed by atoms with Crippen molar-refractivity contribution in [1.82, 2.24) is 10.0 Å². The third kappa shape index (κ3) is 8.04. The summed E-state index contributed by atoms with van der Waals surface area (Å²) in [4.78, 5) is 12.0. The van der Waals surface area contributed by atoms with Gasteiger partial charge in [0.15, 0.2) is 0 Å². The summed E-state index contributed by atoms with van der Waals surface area (Å²) in [7, 11) is -3.68. The second-order valence-electron chi connectivity index (χ2n) is 6.05. The summed E-state index contributed by atoms with van der Waals surface area (Å²) in [6.07, 6.45) is 0.0360. The van der Waals surface area contributed by atoms with Gasteiger partial charge in [-0.3, -0.25) is 4.79 Å². The van der Waals surface area contributed by atoms with E-state index in [-0.39, 0.29) is 29.6 Å². The Labute approximate surface area is 175 Å². The molecule has 9 heteroatoms. The molecule has 0 fully saturated rings. The van der Waals surface area contributed by atoms with Crippen molar-refractivity contribution in [1.29, 1.82) is 0 Å². The molecule has 0 aromatic heterocycles. The zero-order chi connectivity index (χ0) is 21.1. The molecule has 2 N–H and O–H groups in total. The molecule has 0 radical (unpaired) electrons. The van der Waals surface area contributed by atoms with Gasteiger partial charge in [-0.05, 0) is 42.8 Å². The third-order valence-electron chi connectivity index (χ3n) is 3.87. The van der Waals surface area contributed by atoms with Crippen LogP contribution in [0.3, 0.4) is 0 Å². The first kappa shape index (κ1) is 23.2. The number of carbonyl (C=O) groups excluding carboxylic acids is 1. The fourth-order valence-electron chi connectivity index (χ4n) is 2.41. The first-order chi connectivity index (χ1) is 13.9. The van der Waals surface area contributed by atoms with Gasteiger partial charge in [-0.15, -0.1) is 0 Å². The van der Waals surface area contributed by atoms with Crippen molar-refractivity contribution in [3.63, 3.8) is 0 Å². The number of carbonyl (C=O) groups is 1. The predicted octanol–water partition coefficient (Wildman–Crippen LogP) is 2.94. The lowest BCUT2D eigenvalue weighted by molar-refractivity contribution is -0.120. The van der Waals surface area contributed by atoms with E-state index in [1.54, 1.807) is 30.3 Å². The molecule has 1 amide bonds. The Balaban J connectivity index is 1.64. The smallest absolute Gasteiger partial charge is 0.240 e. The molecule has 0 aliphatic carbocycles. The van der Waals surface area contributed by atoms with Crippen LogP contribution in [0.1, 0.15) is 18.9 Å². The largest absolute Gasteiger partial charge is 0.494 e. The second kappa shape index (κ2) is 11.8. The Morgan fingerprint density at radius 3 is 2.52 bits per heavy atom. The molecule has 0 spiro atoms. The van der Waals surface area contributed by atoms with Gasteiger partial charge < -0.3 is 10.1 Å². The number of hydrogen-bond donors (Lipinski definition) is 2. The molecule has 6 nitrogen and oxygen atoms in total. The summed E-state index contributed by atoms with van der Waals surface area (Å²) in [6, 6.07) is 12.7. The SMILES string of the molecule is CCOc1ccc(S(=O)(=O)NCCC(=O)NCCSCc2ccccc2F)cc1. The zero-order valence-electron chi connectivity index (χ0n) is 16.2. The second-order valence-corrected chi connectivity index (χ2v) is 8.92. The molecule has 0 unspecified atom stereocenters. The number of rotatable bonds is 12. The zero-order valence-corrected chi connectivity index (χ0v) is 17.8. The summed E-state index contributed by atoms with van der Waals surface area (Å²) >= 11 is 1.52. The standard InChI is InChI=1S/C20H25FN2O4S2/c1-2-27-17-7-9-18(10-8-17)29(25,26)23-12-11-20(24)22-13-14-28-15-16-5-3-4-6-19(16)21/h3-10,23H,2,11-15H2,1H3,(H,22,24). The fraction of sp³-hybridized carbons (Fsp3) is 0.350. The van der Waals surface area contributed by atoms with E-state index >= 15 is 0 Å². The average Bonchev–Trinajstić information content (AvgIpc) is 2.69. The van der Waals surface area contributed by atoms with Gasteiger partial charge in [-0.25, -0.2) is 17.5 Å². The first-order valence-electron chi connectivity index (χ1n) is 9.22. The van der Waals surface area contributed by atoms with Gasteiger partial charge in [0.1, 0.15) is 11.6 Å². The van der Waals surface area contributed by atoms with E-state index in [0.29, 0.717) is 36.0 Å². The lowest BCUT2D eigenvalue weighted by atomic mass is 10.2. The van der Waals surface area contributed by atoms with Gasteiger partial charge in [-0.2, -0.15) is 11.8 Å². The van der Waals surface area contributed by atoms with Crippen LogP contribution in [0.2, 0.25) is 0 Å². The first-order valence-corrected chi connectivity index (χ1v) is 11.9. The van der Waals surface area contributed by atoms with Crippen LogP contribution < -0.4 is 14.8 Å². The quantitative estimate of drug-likeness (QED) is 0.496. The number of halogens is 1. The Morgan fingerprint density at radius 2 is 1.83 bits per heavy atom. The molecule has 0 saturated carbocycles. The Kier molecular flexibility index (Phi) is 9.43. The normalized spacial score (nSPS) is 11.2. The molecular formula is C20H25FN2O4S2. The van der Waals surface area contributed by atoms with Gasteiger partial charge >= 0.3 is 0 Å². The Morgan fingerprint density at radius 1 is 1.10 bits per heavy atom. The average molecular weight is 441 g/mol. The van der Waals surface area contributed by atoms with E-state index in [1.165, 1.54) is 30.0 Å². The summed E-state index contributed by atoms with van der Waals surface area (Å²) in [5, 5.41) is 2.73. The van der Waals surface area contributed by atoms with Crippen molar-refractivity contribution in [2.45, 2.75) is 24.0 Å². The maximum absolute atomic E-state index is 13.5. The van der Waals surface area contributed by atoms with Crippen LogP contribution in [0.4, 0.5) is 4.39 Å². The molecule has 0 aliphatic rings. The minimum atomic E-state index is -3.68. The molecule has 158 valence electrons. The number of amides is 1. The minimum absolute atomic E-state index is 0.00372. The molecule has 0 heterocycles. The highest BCUT2D eigenvalue weighted by molar-refractivity contribution is 7.98. The van der Waals surface area contributed by atoms with Crippen LogP contribution in [0.5, 0.6) is 5.75 Å². The summed E-state index contributed by atoms with van der Waals surface area (Å²) in [5.74, 6) is 1.29. The monoisotopic (exact) mass is 440 g/mol. The van der Waals surface area contributed by atoms with Crippen molar-refractivity contribution in [2.75, 3.05) is 25.4 Å². The van der Waals surface area contributed by atoms with Crippen molar-refractivity contribution < 1.29 is 22.3 Å². The molecule has 2 rings (SSSR count). The molecule has 0 aliphatic heterocycles. The van der Waals surface area contributed by atoms with Crippen molar-refractivity contribution in [3.8, 4) is 5.75 Å². The summed E-state index contributed by atoms with van der Waals surface area (Å²) < 4.78 is 45.6. The van der Waals surface area contributed by atoms with Crippen LogP contribution in [-0.2, 0) is 20.6 Å². The van der Waals surface area contributed by atoms with E-state index in [1.807, 2.05) is 6.92 Å². The van der Waals surface area contributed by atoms with Gasteiger partial charge in [0.05, 0.1) is 11.5 Å². The Hall–Kier alpha value is -2.10. The van der Waals surface area contributed by atoms with Crippen LogP contribution in [0.25, 0.3) is 0 Å². The lowest BCUT2D eigenvalue weighted by Gasteiger charge is -2.09. The number of ether oxygens (including phenoxy) is 1. The molecule has 2 aromatic rings. The summed E-state index contributed by atoms with van der Waals surface area (Å²) in [6.45, 7) is 2.79. The highest BCUT2D eigenvalue weighted by atomic mass is 32.2. The number of thioether (sulfide) groups is 1. The molecule has 0 atom stereocenters. The van der Waals surface area contributed by atoms with E-state index in [9.17, 15) is 17.6 Å². The molecule has 0 saturated heterocycles. The predicted molar refractivity (Wildman–Crippen MR) is 113 cm³/mol. The van der Waals surface area contributed by atoms with E-state index < -0.39 is 10.0 Å². The van der Waals surface area contributed by atoms with Gasteiger partial charge in [0, 0.05) is 31.0 Å². The van der Waals surface area contributed by atoms with Crippen LogP contribution >= 0.6 is 11.8 Å².